The molecule has 4 rings (SSSR count). The number of ether oxygens (including phenoxy) is 1. The van der Waals surface area contributed by atoms with Crippen LogP contribution in [0.3, 0.4) is 0 Å². The number of methoxy groups -OCH3 is 1. The maximum Gasteiger partial charge on any atom is 0.339 e. The average molecular weight is 392 g/mol. The van der Waals surface area contributed by atoms with E-state index in [0.717, 1.165) is 16.8 Å². The summed E-state index contributed by atoms with van der Waals surface area (Å²) in [5, 5.41) is 0.852. The SMILES string of the molecule is CCCCC1(c2cc(OC)c3cc(Cc4ccccn4)c(=O)oc3c2)CCCC1. The van der Waals surface area contributed by atoms with Crippen molar-refractivity contribution in [3.63, 3.8) is 0 Å². The highest BCUT2D eigenvalue weighted by Crippen LogP contribution is 2.47. The molecule has 3 aromatic rings. The summed E-state index contributed by atoms with van der Waals surface area (Å²) >= 11 is 0. The van der Waals surface area contributed by atoms with Crippen LogP contribution in [0, 0.1) is 0 Å². The van der Waals surface area contributed by atoms with Crippen LogP contribution in [0.15, 0.2) is 51.8 Å². The Kier molecular flexibility index (Phi) is 5.70. The van der Waals surface area contributed by atoms with Crippen molar-refractivity contribution in [3.8, 4) is 5.75 Å². The van der Waals surface area contributed by atoms with Crippen molar-refractivity contribution in [2.24, 2.45) is 0 Å². The molecule has 0 atom stereocenters. The van der Waals surface area contributed by atoms with E-state index in [9.17, 15) is 4.79 Å². The lowest BCUT2D eigenvalue weighted by Gasteiger charge is -2.30. The number of hydrogen-bond acceptors (Lipinski definition) is 4. The van der Waals surface area contributed by atoms with Gasteiger partial charge in [0.2, 0.25) is 0 Å². The number of hydrogen-bond donors (Lipinski definition) is 0. The monoisotopic (exact) mass is 391 g/mol. The lowest BCUT2D eigenvalue weighted by Crippen LogP contribution is -2.22. The highest BCUT2D eigenvalue weighted by Gasteiger charge is 2.35. The number of nitrogens with zero attached hydrogens (tertiary/aromatic N) is 1. The molecule has 0 bridgehead atoms. The Labute approximate surface area is 171 Å². The van der Waals surface area contributed by atoms with Crippen LogP contribution < -0.4 is 10.4 Å². The predicted octanol–water partition coefficient (Wildman–Crippen LogP) is 5.79. The third-order valence-corrected chi connectivity index (χ3v) is 6.39. The molecule has 1 aliphatic rings. The van der Waals surface area contributed by atoms with E-state index in [4.69, 9.17) is 9.15 Å². The summed E-state index contributed by atoms with van der Waals surface area (Å²) in [5.41, 5.74) is 3.22. The molecule has 0 spiro atoms. The van der Waals surface area contributed by atoms with Crippen molar-refractivity contribution < 1.29 is 9.15 Å². The molecule has 0 aliphatic heterocycles. The average Bonchev–Trinajstić information content (AvgIpc) is 3.23. The summed E-state index contributed by atoms with van der Waals surface area (Å²) in [6.07, 6.45) is 10.7. The van der Waals surface area contributed by atoms with Gasteiger partial charge in [-0.15, -0.1) is 0 Å². The molecule has 0 saturated heterocycles. The van der Waals surface area contributed by atoms with Crippen LogP contribution in [0.4, 0.5) is 0 Å². The van der Waals surface area contributed by atoms with E-state index in [1.54, 1.807) is 13.3 Å². The van der Waals surface area contributed by atoms with Crippen LogP contribution in [-0.2, 0) is 11.8 Å². The predicted molar refractivity (Wildman–Crippen MR) is 116 cm³/mol. The first-order valence-electron chi connectivity index (χ1n) is 10.7. The number of pyridine rings is 1. The molecule has 1 saturated carbocycles. The summed E-state index contributed by atoms with van der Waals surface area (Å²) in [7, 11) is 1.69. The van der Waals surface area contributed by atoms with Gasteiger partial charge in [-0.1, -0.05) is 38.7 Å². The molecule has 0 unspecified atom stereocenters. The lowest BCUT2D eigenvalue weighted by atomic mass is 9.74. The fourth-order valence-corrected chi connectivity index (χ4v) is 4.77. The van der Waals surface area contributed by atoms with E-state index in [0.29, 0.717) is 17.6 Å². The lowest BCUT2D eigenvalue weighted by molar-refractivity contribution is 0.383. The zero-order valence-corrected chi connectivity index (χ0v) is 17.4. The minimum atomic E-state index is -0.295. The normalized spacial score (nSPS) is 15.7. The minimum absolute atomic E-state index is 0.183. The smallest absolute Gasteiger partial charge is 0.339 e. The number of unbranched alkanes of at least 4 members (excludes halogenated alkanes) is 1. The first kappa shape index (κ1) is 19.7. The molecule has 2 aromatic heterocycles. The Hall–Kier alpha value is -2.62. The molecule has 1 fully saturated rings. The third-order valence-electron chi connectivity index (χ3n) is 6.39. The van der Waals surface area contributed by atoms with E-state index < -0.39 is 0 Å². The van der Waals surface area contributed by atoms with Crippen LogP contribution in [0.25, 0.3) is 11.0 Å². The molecule has 2 heterocycles. The Morgan fingerprint density at radius 2 is 2.00 bits per heavy atom. The molecule has 29 heavy (non-hydrogen) atoms. The van der Waals surface area contributed by atoms with Crippen molar-refractivity contribution in [1.82, 2.24) is 4.98 Å². The van der Waals surface area contributed by atoms with Gasteiger partial charge in [0.05, 0.1) is 12.5 Å². The first-order chi connectivity index (χ1) is 14.1. The quantitative estimate of drug-likeness (QED) is 0.478. The van der Waals surface area contributed by atoms with Crippen LogP contribution >= 0.6 is 0 Å². The first-order valence-corrected chi connectivity index (χ1v) is 10.7. The molecular formula is C25H29NO3. The van der Waals surface area contributed by atoms with Gasteiger partial charge in [-0.2, -0.15) is 0 Å². The molecule has 1 aromatic carbocycles. The van der Waals surface area contributed by atoms with Gasteiger partial charge in [-0.3, -0.25) is 4.98 Å². The van der Waals surface area contributed by atoms with E-state index in [1.165, 1.54) is 50.5 Å². The summed E-state index contributed by atoms with van der Waals surface area (Å²) < 4.78 is 11.5. The van der Waals surface area contributed by atoms with Gasteiger partial charge >= 0.3 is 5.63 Å². The van der Waals surface area contributed by atoms with Gasteiger partial charge in [-0.25, -0.2) is 4.79 Å². The standard InChI is InChI=1S/C25H29NO3/c1-3-4-10-25(11-6-7-12-25)19-16-22(28-2)21-15-18(24(27)29-23(21)17-19)14-20-9-5-8-13-26-20/h5,8-9,13,15-17H,3-4,6-7,10-12,14H2,1-2H3. The second-order valence-corrected chi connectivity index (χ2v) is 8.24. The summed E-state index contributed by atoms with van der Waals surface area (Å²) in [6.45, 7) is 2.24. The van der Waals surface area contributed by atoms with Crippen molar-refractivity contribution in [1.29, 1.82) is 0 Å². The van der Waals surface area contributed by atoms with Gasteiger partial charge < -0.3 is 9.15 Å². The van der Waals surface area contributed by atoms with E-state index in [2.05, 4.69) is 24.0 Å². The van der Waals surface area contributed by atoms with Crippen molar-refractivity contribution in [2.75, 3.05) is 7.11 Å². The van der Waals surface area contributed by atoms with Crippen molar-refractivity contribution in [3.05, 3.63) is 69.8 Å². The van der Waals surface area contributed by atoms with Crippen molar-refractivity contribution >= 4 is 11.0 Å². The Morgan fingerprint density at radius 3 is 2.69 bits per heavy atom. The second-order valence-electron chi connectivity index (χ2n) is 8.24. The van der Waals surface area contributed by atoms with Crippen LogP contribution in [-0.4, -0.2) is 12.1 Å². The molecule has 1 aliphatic carbocycles. The third kappa shape index (κ3) is 3.93. The van der Waals surface area contributed by atoms with Gasteiger partial charge in [0.1, 0.15) is 11.3 Å². The van der Waals surface area contributed by atoms with Crippen molar-refractivity contribution in [2.45, 2.75) is 63.7 Å². The molecule has 0 radical (unpaired) electrons. The van der Waals surface area contributed by atoms with E-state index in [1.807, 2.05) is 24.3 Å². The summed E-state index contributed by atoms with van der Waals surface area (Å²) in [4.78, 5) is 17.0. The number of fused-ring (bicyclic) bond motifs is 1. The number of benzene rings is 1. The zero-order valence-electron chi connectivity index (χ0n) is 17.4. The molecule has 4 heteroatoms. The van der Waals surface area contributed by atoms with Crippen LogP contribution in [0.1, 0.15) is 68.7 Å². The van der Waals surface area contributed by atoms with Gasteiger partial charge in [0.25, 0.3) is 0 Å². The molecule has 4 nitrogen and oxygen atoms in total. The number of aromatic nitrogens is 1. The second kappa shape index (κ2) is 8.40. The van der Waals surface area contributed by atoms with E-state index >= 15 is 0 Å². The minimum Gasteiger partial charge on any atom is -0.496 e. The zero-order chi connectivity index (χ0) is 20.3. The Bertz CT molecular complexity index is 1030. The van der Waals surface area contributed by atoms with Crippen LogP contribution in [0.2, 0.25) is 0 Å². The Balaban J connectivity index is 1.79. The highest BCUT2D eigenvalue weighted by atomic mass is 16.5. The Morgan fingerprint density at radius 1 is 1.17 bits per heavy atom. The highest BCUT2D eigenvalue weighted by molar-refractivity contribution is 5.85. The molecule has 0 amide bonds. The van der Waals surface area contributed by atoms with Gasteiger partial charge in [0.15, 0.2) is 0 Å². The molecular weight excluding hydrogens is 362 g/mol. The maximum absolute atomic E-state index is 12.7. The van der Waals surface area contributed by atoms with Crippen LogP contribution in [0.5, 0.6) is 5.75 Å². The molecule has 0 N–H and O–H groups in total. The van der Waals surface area contributed by atoms with Gasteiger partial charge in [0, 0.05) is 23.9 Å². The fraction of sp³-hybridized carbons (Fsp3) is 0.440. The molecule has 152 valence electrons. The summed E-state index contributed by atoms with van der Waals surface area (Å²) in [6, 6.07) is 11.9. The van der Waals surface area contributed by atoms with E-state index in [-0.39, 0.29) is 11.0 Å². The number of rotatable bonds is 7. The largest absolute Gasteiger partial charge is 0.496 e. The summed E-state index contributed by atoms with van der Waals surface area (Å²) in [5.74, 6) is 0.784. The maximum atomic E-state index is 12.7. The fourth-order valence-electron chi connectivity index (χ4n) is 4.77. The van der Waals surface area contributed by atoms with Gasteiger partial charge in [-0.05, 0) is 60.6 Å². The topological polar surface area (TPSA) is 52.3 Å².